The van der Waals surface area contributed by atoms with Crippen LogP contribution in [0.3, 0.4) is 0 Å². The summed E-state index contributed by atoms with van der Waals surface area (Å²) in [7, 11) is 3.14. The average molecular weight is 410 g/mol. The summed E-state index contributed by atoms with van der Waals surface area (Å²) < 4.78 is 12.4. The van der Waals surface area contributed by atoms with Crippen LogP contribution in [-0.2, 0) is 4.79 Å². The molecule has 4 rings (SSSR count). The van der Waals surface area contributed by atoms with Crippen molar-refractivity contribution in [1.82, 2.24) is 14.8 Å². The van der Waals surface area contributed by atoms with E-state index in [-0.39, 0.29) is 11.7 Å². The Morgan fingerprint density at radius 1 is 1.14 bits per heavy atom. The fourth-order valence-electron chi connectivity index (χ4n) is 2.94. The van der Waals surface area contributed by atoms with Crippen molar-refractivity contribution in [2.24, 2.45) is 0 Å². The highest BCUT2D eigenvalue weighted by Crippen LogP contribution is 2.40. The third-order valence-corrected chi connectivity index (χ3v) is 5.36. The number of hydrogen-bond acceptors (Lipinski definition) is 6. The van der Waals surface area contributed by atoms with Gasteiger partial charge in [-0.15, -0.1) is 5.10 Å². The van der Waals surface area contributed by atoms with Crippen LogP contribution in [0, 0.1) is 0 Å². The largest absolute Gasteiger partial charge is 0.497 e. The van der Waals surface area contributed by atoms with E-state index in [1.807, 2.05) is 35.0 Å². The van der Waals surface area contributed by atoms with Gasteiger partial charge in [-0.25, -0.2) is 9.67 Å². The molecule has 1 heterocycles. The molecule has 0 atom stereocenters. The molecule has 2 aromatic carbocycles. The number of aromatic nitrogens is 3. The summed E-state index contributed by atoms with van der Waals surface area (Å²) in [5.74, 6) is 2.72. The van der Waals surface area contributed by atoms with Crippen LogP contribution in [0.1, 0.15) is 24.6 Å². The second-order valence-electron chi connectivity index (χ2n) is 6.71. The van der Waals surface area contributed by atoms with E-state index in [2.05, 4.69) is 15.4 Å². The average Bonchev–Trinajstić information content (AvgIpc) is 3.51. The van der Waals surface area contributed by atoms with Gasteiger partial charge in [0.2, 0.25) is 11.1 Å². The first-order chi connectivity index (χ1) is 14.2. The van der Waals surface area contributed by atoms with Crippen LogP contribution >= 0.6 is 11.8 Å². The minimum atomic E-state index is -0.144. The Morgan fingerprint density at radius 3 is 2.45 bits per heavy atom. The highest BCUT2D eigenvalue weighted by atomic mass is 32.2. The van der Waals surface area contributed by atoms with E-state index in [4.69, 9.17) is 9.47 Å². The SMILES string of the molecule is COc1cc(NC(=O)CSc2nc(C3CC3)n(-c3ccccc3)n2)cc(OC)c1. The molecule has 1 saturated carbocycles. The Labute approximate surface area is 173 Å². The van der Waals surface area contributed by atoms with E-state index in [0.717, 1.165) is 24.4 Å². The maximum Gasteiger partial charge on any atom is 0.234 e. The van der Waals surface area contributed by atoms with Crippen molar-refractivity contribution in [2.45, 2.75) is 23.9 Å². The van der Waals surface area contributed by atoms with Gasteiger partial charge in [-0.05, 0) is 25.0 Å². The molecule has 8 heteroatoms. The molecule has 29 heavy (non-hydrogen) atoms. The predicted molar refractivity (Wildman–Crippen MR) is 112 cm³/mol. The van der Waals surface area contributed by atoms with Gasteiger partial charge >= 0.3 is 0 Å². The Kier molecular flexibility index (Phi) is 5.71. The van der Waals surface area contributed by atoms with Gasteiger partial charge < -0.3 is 14.8 Å². The zero-order valence-corrected chi connectivity index (χ0v) is 17.1. The number of carbonyl (C=O) groups excluding carboxylic acids is 1. The van der Waals surface area contributed by atoms with Gasteiger partial charge in [0.05, 0.1) is 25.7 Å². The summed E-state index contributed by atoms with van der Waals surface area (Å²) in [6, 6.07) is 15.2. The molecule has 1 aliphatic rings. The zero-order valence-electron chi connectivity index (χ0n) is 16.3. The van der Waals surface area contributed by atoms with Crippen molar-refractivity contribution in [3.05, 3.63) is 54.4 Å². The lowest BCUT2D eigenvalue weighted by Crippen LogP contribution is -2.14. The summed E-state index contributed by atoms with van der Waals surface area (Å²) in [5.41, 5.74) is 1.61. The third kappa shape index (κ3) is 4.71. The molecule has 0 spiro atoms. The number of anilines is 1. The molecule has 3 aromatic rings. The molecule has 0 aliphatic heterocycles. The molecule has 1 N–H and O–H groups in total. The van der Waals surface area contributed by atoms with E-state index < -0.39 is 0 Å². The molecule has 1 aromatic heterocycles. The van der Waals surface area contributed by atoms with Gasteiger partial charge in [0.25, 0.3) is 0 Å². The predicted octanol–water partition coefficient (Wildman–Crippen LogP) is 3.89. The first-order valence-corrected chi connectivity index (χ1v) is 10.3. The van der Waals surface area contributed by atoms with Crippen LogP contribution in [0.25, 0.3) is 5.69 Å². The highest BCUT2D eigenvalue weighted by molar-refractivity contribution is 7.99. The summed E-state index contributed by atoms with van der Waals surface area (Å²) in [5, 5.41) is 8.10. The molecule has 0 saturated heterocycles. The molecular formula is C21H22N4O3S. The summed E-state index contributed by atoms with van der Waals surface area (Å²) in [6.45, 7) is 0. The summed E-state index contributed by atoms with van der Waals surface area (Å²) in [4.78, 5) is 17.1. The fourth-order valence-corrected chi connectivity index (χ4v) is 3.57. The van der Waals surface area contributed by atoms with Crippen LogP contribution in [0.15, 0.2) is 53.7 Å². The quantitative estimate of drug-likeness (QED) is 0.568. The van der Waals surface area contributed by atoms with Crippen molar-refractivity contribution < 1.29 is 14.3 Å². The highest BCUT2D eigenvalue weighted by Gasteiger charge is 2.30. The minimum Gasteiger partial charge on any atom is -0.497 e. The lowest BCUT2D eigenvalue weighted by Gasteiger charge is -2.09. The molecule has 1 amide bonds. The van der Waals surface area contributed by atoms with E-state index in [1.165, 1.54) is 11.8 Å². The second kappa shape index (κ2) is 8.57. The van der Waals surface area contributed by atoms with E-state index in [9.17, 15) is 4.79 Å². The molecule has 0 bridgehead atoms. The number of nitrogens with zero attached hydrogens (tertiary/aromatic N) is 3. The molecule has 150 valence electrons. The topological polar surface area (TPSA) is 78.3 Å². The number of hydrogen-bond donors (Lipinski definition) is 1. The maximum absolute atomic E-state index is 12.4. The van der Waals surface area contributed by atoms with Gasteiger partial charge in [0.15, 0.2) is 0 Å². The van der Waals surface area contributed by atoms with Crippen LogP contribution in [-0.4, -0.2) is 40.6 Å². The van der Waals surface area contributed by atoms with Gasteiger partial charge in [-0.2, -0.15) is 0 Å². The van der Waals surface area contributed by atoms with Crippen molar-refractivity contribution >= 4 is 23.4 Å². The number of thioether (sulfide) groups is 1. The standard InChI is InChI=1S/C21H22N4O3S/c1-27-17-10-15(11-18(12-17)28-2)22-19(26)13-29-21-23-20(14-8-9-14)25(24-21)16-6-4-3-5-7-16/h3-7,10-12,14H,8-9,13H2,1-2H3,(H,22,26). The Bertz CT molecular complexity index is 980. The van der Waals surface area contributed by atoms with Crippen molar-refractivity contribution in [2.75, 3.05) is 25.3 Å². The van der Waals surface area contributed by atoms with E-state index in [1.54, 1.807) is 32.4 Å². The van der Waals surface area contributed by atoms with Crippen molar-refractivity contribution in [3.63, 3.8) is 0 Å². The summed E-state index contributed by atoms with van der Waals surface area (Å²) >= 11 is 1.32. The smallest absolute Gasteiger partial charge is 0.234 e. The third-order valence-electron chi connectivity index (χ3n) is 4.52. The Balaban J connectivity index is 1.43. The molecule has 7 nitrogen and oxygen atoms in total. The first kappa shape index (κ1) is 19.3. The molecule has 1 aliphatic carbocycles. The van der Waals surface area contributed by atoms with Gasteiger partial charge in [-0.3, -0.25) is 4.79 Å². The Morgan fingerprint density at radius 2 is 1.83 bits per heavy atom. The lowest BCUT2D eigenvalue weighted by molar-refractivity contribution is -0.113. The van der Waals surface area contributed by atoms with Crippen LogP contribution < -0.4 is 14.8 Å². The Hall–Kier alpha value is -3.00. The number of para-hydroxylation sites is 1. The molecule has 0 radical (unpaired) electrons. The number of methoxy groups -OCH3 is 2. The number of rotatable bonds is 8. The van der Waals surface area contributed by atoms with Gasteiger partial charge in [-0.1, -0.05) is 30.0 Å². The van der Waals surface area contributed by atoms with E-state index in [0.29, 0.717) is 28.3 Å². The van der Waals surface area contributed by atoms with E-state index >= 15 is 0 Å². The molecular weight excluding hydrogens is 388 g/mol. The maximum atomic E-state index is 12.4. The van der Waals surface area contributed by atoms with Gasteiger partial charge in [0, 0.05) is 29.8 Å². The van der Waals surface area contributed by atoms with Crippen LogP contribution in [0.4, 0.5) is 5.69 Å². The fraction of sp³-hybridized carbons (Fsp3) is 0.286. The normalized spacial score (nSPS) is 13.2. The van der Waals surface area contributed by atoms with Crippen LogP contribution in [0.5, 0.6) is 11.5 Å². The monoisotopic (exact) mass is 410 g/mol. The van der Waals surface area contributed by atoms with Crippen molar-refractivity contribution in [3.8, 4) is 17.2 Å². The number of benzene rings is 2. The first-order valence-electron chi connectivity index (χ1n) is 9.34. The van der Waals surface area contributed by atoms with Crippen molar-refractivity contribution in [1.29, 1.82) is 0 Å². The van der Waals surface area contributed by atoms with Crippen LogP contribution in [0.2, 0.25) is 0 Å². The van der Waals surface area contributed by atoms with Gasteiger partial charge in [0.1, 0.15) is 17.3 Å². The number of nitrogens with one attached hydrogen (secondary N) is 1. The molecule has 0 unspecified atom stereocenters. The zero-order chi connectivity index (χ0) is 20.2. The second-order valence-corrected chi connectivity index (χ2v) is 7.65. The molecule has 1 fully saturated rings. The minimum absolute atomic E-state index is 0.144. The number of amides is 1. The number of ether oxygens (including phenoxy) is 2. The summed E-state index contributed by atoms with van der Waals surface area (Å²) in [6.07, 6.45) is 2.27. The lowest BCUT2D eigenvalue weighted by atomic mass is 10.2. The number of carbonyl (C=O) groups is 1.